The molecule has 2 aromatic rings. The zero-order valence-corrected chi connectivity index (χ0v) is 15.6. The van der Waals surface area contributed by atoms with Crippen LogP contribution in [0.5, 0.6) is 0 Å². The Hall–Kier alpha value is -3.51. The average Bonchev–Trinajstić information content (AvgIpc) is 3.27. The van der Waals surface area contributed by atoms with Gasteiger partial charge in [-0.1, -0.05) is 18.2 Å². The molecule has 0 fully saturated rings. The van der Waals surface area contributed by atoms with Crippen LogP contribution in [0.1, 0.15) is 16.6 Å². The number of esters is 1. The van der Waals surface area contributed by atoms with Crippen LogP contribution < -0.4 is 5.32 Å². The van der Waals surface area contributed by atoms with Crippen LogP contribution in [-0.2, 0) is 23.9 Å². The van der Waals surface area contributed by atoms with Gasteiger partial charge in [-0.15, -0.1) is 11.3 Å². The minimum Gasteiger partial charge on any atom is -0.470 e. The Morgan fingerprint density at radius 3 is 2.79 bits per heavy atom. The molecule has 1 aliphatic heterocycles. The number of thiazole rings is 1. The van der Waals surface area contributed by atoms with Crippen molar-refractivity contribution < 1.29 is 23.9 Å². The molecule has 28 heavy (non-hydrogen) atoms. The number of aromatic nitrogens is 1. The molecule has 9 heteroatoms. The van der Waals surface area contributed by atoms with Crippen LogP contribution in [0, 0.1) is 18.3 Å². The van der Waals surface area contributed by atoms with E-state index >= 15 is 0 Å². The topological polar surface area (TPSA) is 118 Å². The van der Waals surface area contributed by atoms with Gasteiger partial charge in [-0.05, 0) is 19.1 Å². The van der Waals surface area contributed by atoms with Gasteiger partial charge in [-0.2, -0.15) is 5.26 Å². The van der Waals surface area contributed by atoms with Crippen molar-refractivity contribution in [2.75, 3.05) is 18.5 Å². The minimum atomic E-state index is -1.13. The third-order valence-corrected chi connectivity index (χ3v) is 4.80. The summed E-state index contributed by atoms with van der Waals surface area (Å²) in [4.78, 5) is 40.7. The first-order valence-corrected chi connectivity index (χ1v) is 9.11. The van der Waals surface area contributed by atoms with Crippen LogP contribution in [0.25, 0.3) is 0 Å². The van der Waals surface area contributed by atoms with Gasteiger partial charge in [0.1, 0.15) is 5.01 Å². The predicted molar refractivity (Wildman–Crippen MR) is 99.2 cm³/mol. The van der Waals surface area contributed by atoms with E-state index in [0.717, 1.165) is 0 Å². The van der Waals surface area contributed by atoms with Crippen LogP contribution in [0.3, 0.4) is 0 Å². The fourth-order valence-corrected chi connectivity index (χ4v) is 3.29. The Labute approximate surface area is 164 Å². The molecule has 1 N–H and O–H groups in total. The van der Waals surface area contributed by atoms with Crippen molar-refractivity contribution >= 4 is 34.6 Å². The number of para-hydroxylation sites is 1. The Morgan fingerprint density at radius 1 is 1.39 bits per heavy atom. The second-order valence-electron chi connectivity index (χ2n) is 5.84. The van der Waals surface area contributed by atoms with Gasteiger partial charge in [0.2, 0.25) is 11.7 Å². The van der Waals surface area contributed by atoms with Gasteiger partial charge in [-0.3, -0.25) is 9.59 Å². The summed E-state index contributed by atoms with van der Waals surface area (Å²) in [5.41, 5.74) is 1.02. The van der Waals surface area contributed by atoms with Gasteiger partial charge >= 0.3 is 5.97 Å². The van der Waals surface area contributed by atoms with Crippen molar-refractivity contribution in [2.24, 2.45) is 0 Å². The van der Waals surface area contributed by atoms with Gasteiger partial charge < -0.3 is 14.8 Å². The molecule has 1 aliphatic rings. The number of rotatable bonds is 7. The molecule has 0 saturated heterocycles. The third kappa shape index (κ3) is 4.24. The highest BCUT2D eigenvalue weighted by Gasteiger charge is 2.33. The lowest BCUT2D eigenvalue weighted by Crippen LogP contribution is -2.23. The number of hydrogen-bond acceptors (Lipinski definition) is 9. The SMILES string of the molecule is Cc1csc([C@@H](C#N)C(=O)COC(=O)C2=C(Nc3ccccc3)OCC2=O)n1. The highest BCUT2D eigenvalue weighted by molar-refractivity contribution is 7.09. The highest BCUT2D eigenvalue weighted by atomic mass is 32.1. The maximum absolute atomic E-state index is 12.3. The first-order valence-electron chi connectivity index (χ1n) is 8.23. The average molecular weight is 397 g/mol. The molecule has 142 valence electrons. The van der Waals surface area contributed by atoms with E-state index in [0.29, 0.717) is 16.4 Å². The quantitative estimate of drug-likeness (QED) is 0.557. The molecule has 0 radical (unpaired) electrons. The molecule has 0 spiro atoms. The smallest absolute Gasteiger partial charge is 0.347 e. The number of nitrogens with zero attached hydrogens (tertiary/aromatic N) is 2. The predicted octanol–water partition coefficient (Wildman–Crippen LogP) is 2.09. The highest BCUT2D eigenvalue weighted by Crippen LogP contribution is 2.23. The Bertz CT molecular complexity index is 990. The van der Waals surface area contributed by atoms with E-state index in [2.05, 4.69) is 10.3 Å². The van der Waals surface area contributed by atoms with Crippen LogP contribution in [0.2, 0.25) is 0 Å². The molecule has 0 bridgehead atoms. The molecular formula is C19H15N3O5S. The molecular weight excluding hydrogens is 382 g/mol. The number of hydrogen-bond donors (Lipinski definition) is 1. The van der Waals surface area contributed by atoms with Crippen molar-refractivity contribution in [2.45, 2.75) is 12.8 Å². The van der Waals surface area contributed by atoms with Gasteiger partial charge in [0.25, 0.3) is 0 Å². The number of benzene rings is 1. The first kappa shape index (κ1) is 19.3. The van der Waals surface area contributed by atoms with Gasteiger partial charge in [0, 0.05) is 16.8 Å². The largest absolute Gasteiger partial charge is 0.470 e. The molecule has 1 atom stereocenters. The number of aryl methyl sites for hydroxylation is 1. The van der Waals surface area contributed by atoms with Gasteiger partial charge in [0.05, 0.1) is 6.07 Å². The monoisotopic (exact) mass is 397 g/mol. The normalized spacial score (nSPS) is 14.2. The van der Waals surface area contributed by atoms with Crippen molar-refractivity contribution in [1.29, 1.82) is 5.26 Å². The molecule has 3 rings (SSSR count). The van der Waals surface area contributed by atoms with Crippen LogP contribution in [-0.4, -0.2) is 35.7 Å². The summed E-state index contributed by atoms with van der Waals surface area (Å²) >= 11 is 1.18. The van der Waals surface area contributed by atoms with E-state index in [1.807, 2.05) is 12.1 Å². The molecule has 1 aromatic carbocycles. The van der Waals surface area contributed by atoms with E-state index in [4.69, 9.17) is 9.47 Å². The van der Waals surface area contributed by atoms with E-state index < -0.39 is 30.1 Å². The zero-order chi connectivity index (χ0) is 20.1. The maximum atomic E-state index is 12.3. The van der Waals surface area contributed by atoms with Crippen LogP contribution in [0.15, 0.2) is 47.2 Å². The molecule has 0 unspecified atom stereocenters. The third-order valence-electron chi connectivity index (χ3n) is 3.77. The number of carbonyl (C=O) groups is 3. The summed E-state index contributed by atoms with van der Waals surface area (Å²) in [6.45, 7) is 0.802. The fourth-order valence-electron chi connectivity index (χ4n) is 2.43. The molecule has 2 heterocycles. The molecule has 0 aliphatic carbocycles. The van der Waals surface area contributed by atoms with Crippen molar-refractivity contribution in [3.05, 3.63) is 57.9 Å². The van der Waals surface area contributed by atoms with E-state index in [9.17, 15) is 19.6 Å². The maximum Gasteiger partial charge on any atom is 0.347 e. The van der Waals surface area contributed by atoms with Crippen LogP contribution in [0.4, 0.5) is 5.69 Å². The first-order chi connectivity index (χ1) is 13.5. The molecule has 1 aromatic heterocycles. The molecule has 0 amide bonds. The number of Topliss-reactive ketones (excluding diaryl/α,β-unsaturated/α-hetero) is 2. The lowest BCUT2D eigenvalue weighted by Gasteiger charge is -2.09. The van der Waals surface area contributed by atoms with Crippen LogP contribution >= 0.6 is 11.3 Å². The van der Waals surface area contributed by atoms with Gasteiger partial charge in [-0.25, -0.2) is 9.78 Å². The van der Waals surface area contributed by atoms with E-state index in [1.54, 1.807) is 36.6 Å². The lowest BCUT2D eigenvalue weighted by atomic mass is 10.1. The van der Waals surface area contributed by atoms with Crippen molar-refractivity contribution in [3.8, 4) is 6.07 Å². The summed E-state index contributed by atoms with van der Waals surface area (Å²) < 4.78 is 10.2. The molecule has 8 nitrogen and oxygen atoms in total. The molecule has 0 saturated carbocycles. The lowest BCUT2D eigenvalue weighted by molar-refractivity contribution is -0.145. The van der Waals surface area contributed by atoms with E-state index in [1.165, 1.54) is 11.3 Å². The second-order valence-corrected chi connectivity index (χ2v) is 6.73. The Morgan fingerprint density at radius 2 is 2.14 bits per heavy atom. The summed E-state index contributed by atoms with van der Waals surface area (Å²) in [5, 5.41) is 14.2. The second kappa shape index (κ2) is 8.45. The summed E-state index contributed by atoms with van der Waals surface area (Å²) in [7, 11) is 0. The summed E-state index contributed by atoms with van der Waals surface area (Å²) in [6, 6.07) is 10.7. The number of carbonyl (C=O) groups excluding carboxylic acids is 3. The number of ether oxygens (including phenoxy) is 2. The van der Waals surface area contributed by atoms with Crippen molar-refractivity contribution in [3.63, 3.8) is 0 Å². The van der Waals surface area contributed by atoms with E-state index in [-0.39, 0.29) is 18.1 Å². The zero-order valence-electron chi connectivity index (χ0n) is 14.8. The number of anilines is 1. The Balaban J connectivity index is 1.68. The number of ketones is 2. The number of nitriles is 1. The Kier molecular flexibility index (Phi) is 5.81. The fraction of sp³-hybridized carbons (Fsp3) is 0.211. The minimum absolute atomic E-state index is 0.0268. The van der Waals surface area contributed by atoms with Crippen molar-refractivity contribution in [1.82, 2.24) is 4.98 Å². The summed E-state index contributed by atoms with van der Waals surface area (Å²) in [5.74, 6) is -3.31. The summed E-state index contributed by atoms with van der Waals surface area (Å²) in [6.07, 6.45) is 0. The number of nitrogens with one attached hydrogen (secondary N) is 1. The standard InChI is InChI=1S/C19H15N3O5S/c1-11-10-28-18(21-11)13(7-20)14(23)8-27-19(25)16-15(24)9-26-17(16)22-12-5-3-2-4-6-12/h2-6,10,13,22H,8-9H2,1H3/t13-/m0/s1. The van der Waals surface area contributed by atoms with Gasteiger partial charge in [0.15, 0.2) is 30.5 Å².